The monoisotopic (exact) mass is 459 g/mol. The molecule has 4 aromatic rings. The molecule has 0 bridgehead atoms. The zero-order valence-corrected chi connectivity index (χ0v) is 20.1. The van der Waals surface area contributed by atoms with Gasteiger partial charge in [0.1, 0.15) is 18.7 Å². The highest BCUT2D eigenvalue weighted by Crippen LogP contribution is 2.26. The Morgan fingerprint density at radius 3 is 2.47 bits per heavy atom. The van der Waals surface area contributed by atoms with Crippen molar-refractivity contribution < 1.29 is 9.53 Å². The van der Waals surface area contributed by atoms with E-state index >= 15 is 0 Å². The van der Waals surface area contributed by atoms with Gasteiger partial charge in [0.25, 0.3) is 17.2 Å². The van der Waals surface area contributed by atoms with Gasteiger partial charge in [0.2, 0.25) is 0 Å². The normalized spacial score (nSPS) is 11.7. The van der Waals surface area contributed by atoms with E-state index in [1.165, 1.54) is 10.6 Å². The van der Waals surface area contributed by atoms with E-state index in [4.69, 9.17) is 4.74 Å². The number of nitrogens with zero attached hydrogens (tertiary/aromatic N) is 4. The minimum atomic E-state index is -0.228. The molecule has 2 heterocycles. The van der Waals surface area contributed by atoms with Crippen LogP contribution in [-0.4, -0.2) is 25.1 Å². The number of carbonyl (C=O) groups excluding carboxylic acids is 1. The summed E-state index contributed by atoms with van der Waals surface area (Å²) in [5.41, 5.74) is 2.50. The van der Waals surface area contributed by atoms with E-state index in [1.54, 1.807) is 23.1 Å². The zero-order chi connectivity index (χ0) is 24.5. The molecule has 0 unspecified atom stereocenters. The summed E-state index contributed by atoms with van der Waals surface area (Å²) in [4.78, 5) is 34.1. The molecule has 0 radical (unpaired) electrons. The lowest BCUT2D eigenvalue weighted by atomic mass is 9.87. The van der Waals surface area contributed by atoms with Gasteiger partial charge < -0.3 is 10.1 Å². The van der Waals surface area contributed by atoms with E-state index in [1.807, 2.05) is 50.2 Å². The Hall–Kier alpha value is -3.94. The van der Waals surface area contributed by atoms with Crippen LogP contribution in [0, 0.1) is 0 Å². The van der Waals surface area contributed by atoms with Gasteiger partial charge in [-0.25, -0.2) is 4.98 Å². The van der Waals surface area contributed by atoms with Crippen molar-refractivity contribution in [3.8, 4) is 5.75 Å². The van der Waals surface area contributed by atoms with Gasteiger partial charge >= 0.3 is 0 Å². The first-order valence-electron chi connectivity index (χ1n) is 11.2. The first-order chi connectivity index (χ1) is 16.1. The number of carbonyl (C=O) groups is 1. The third-order valence-corrected chi connectivity index (χ3v) is 5.51. The molecule has 0 aliphatic heterocycles. The fourth-order valence-corrected chi connectivity index (χ4v) is 3.58. The highest BCUT2D eigenvalue weighted by molar-refractivity contribution is 6.05. The Morgan fingerprint density at radius 2 is 1.79 bits per heavy atom. The van der Waals surface area contributed by atoms with Gasteiger partial charge in [0, 0.05) is 17.7 Å². The van der Waals surface area contributed by atoms with Crippen LogP contribution in [0.2, 0.25) is 0 Å². The van der Waals surface area contributed by atoms with Gasteiger partial charge in [-0.1, -0.05) is 45.0 Å². The lowest BCUT2D eigenvalue weighted by Crippen LogP contribution is -2.23. The average Bonchev–Trinajstić information content (AvgIpc) is 3.23. The maximum Gasteiger partial charge on any atom is 0.274 e. The summed E-state index contributed by atoms with van der Waals surface area (Å²) in [5, 5.41) is 2.91. The Kier molecular flexibility index (Phi) is 6.24. The number of aromatic nitrogens is 4. The summed E-state index contributed by atoms with van der Waals surface area (Å²) in [6, 6.07) is 16.3. The first-order valence-corrected chi connectivity index (χ1v) is 11.2. The van der Waals surface area contributed by atoms with Crippen LogP contribution in [0.4, 0.5) is 5.69 Å². The van der Waals surface area contributed by atoms with E-state index in [0.29, 0.717) is 28.5 Å². The summed E-state index contributed by atoms with van der Waals surface area (Å²) in [6.07, 6.45) is 1.60. The molecule has 1 N–H and O–H groups in total. The van der Waals surface area contributed by atoms with Crippen molar-refractivity contribution in [2.45, 2.75) is 52.7 Å². The third-order valence-electron chi connectivity index (χ3n) is 5.51. The van der Waals surface area contributed by atoms with Crippen molar-refractivity contribution in [1.82, 2.24) is 19.2 Å². The van der Waals surface area contributed by atoms with Crippen molar-refractivity contribution in [3.63, 3.8) is 0 Å². The van der Waals surface area contributed by atoms with Gasteiger partial charge in [-0.15, -0.1) is 0 Å². The van der Waals surface area contributed by atoms with Crippen LogP contribution in [0.15, 0.2) is 65.7 Å². The fraction of sp³-hybridized carbons (Fsp3) is 0.308. The molecule has 0 spiro atoms. The number of ether oxygens (including phenoxy) is 1. The standard InChI is InChI=1S/C26H29N5O3/c1-17(2)30-16-27-25-28-20(14-23(32)31(25)30)15-34-22-9-7-6-8-21(22)29-24(33)18-10-12-19(13-11-18)26(3,4)5/h6-14,16-17H,15H2,1-5H3,(H,29,33). The predicted octanol–water partition coefficient (Wildman–Crippen LogP) is 4.60. The number of amides is 1. The maximum absolute atomic E-state index is 12.8. The number of anilines is 1. The molecular weight excluding hydrogens is 430 g/mol. The summed E-state index contributed by atoms with van der Waals surface area (Å²) in [7, 11) is 0. The fourth-order valence-electron chi connectivity index (χ4n) is 3.58. The Balaban J connectivity index is 1.50. The minimum absolute atomic E-state index is 0.0158. The van der Waals surface area contributed by atoms with Crippen LogP contribution in [0.25, 0.3) is 5.78 Å². The summed E-state index contributed by atoms with van der Waals surface area (Å²) in [5.74, 6) is 0.575. The lowest BCUT2D eigenvalue weighted by Gasteiger charge is -2.19. The molecule has 0 fully saturated rings. The van der Waals surface area contributed by atoms with Crippen molar-refractivity contribution in [2.75, 3.05) is 5.32 Å². The first kappa shape index (κ1) is 23.2. The summed E-state index contributed by atoms with van der Waals surface area (Å²) < 4.78 is 9.09. The predicted molar refractivity (Wildman–Crippen MR) is 132 cm³/mol. The van der Waals surface area contributed by atoms with E-state index in [-0.39, 0.29) is 29.5 Å². The number of hydrogen-bond donors (Lipinski definition) is 1. The van der Waals surface area contributed by atoms with Gasteiger partial charge in [-0.2, -0.15) is 9.50 Å². The molecule has 34 heavy (non-hydrogen) atoms. The molecule has 4 rings (SSSR count). The second-order valence-corrected chi connectivity index (χ2v) is 9.48. The van der Waals surface area contributed by atoms with E-state index in [9.17, 15) is 9.59 Å². The second-order valence-electron chi connectivity index (χ2n) is 9.48. The molecular formula is C26H29N5O3. The molecule has 8 heteroatoms. The Bertz CT molecular complexity index is 1380. The molecule has 1 amide bonds. The van der Waals surface area contributed by atoms with Crippen LogP contribution >= 0.6 is 0 Å². The van der Waals surface area contributed by atoms with Crippen molar-refractivity contribution >= 4 is 17.4 Å². The minimum Gasteiger partial charge on any atom is -0.485 e. The van der Waals surface area contributed by atoms with E-state index in [2.05, 4.69) is 36.1 Å². The van der Waals surface area contributed by atoms with E-state index in [0.717, 1.165) is 5.56 Å². The van der Waals surface area contributed by atoms with Crippen LogP contribution in [0.1, 0.15) is 62.3 Å². The average molecular weight is 460 g/mol. The molecule has 0 saturated heterocycles. The van der Waals surface area contributed by atoms with Crippen LogP contribution in [-0.2, 0) is 12.0 Å². The van der Waals surface area contributed by atoms with E-state index < -0.39 is 0 Å². The molecule has 176 valence electrons. The van der Waals surface area contributed by atoms with Gasteiger partial charge in [0.05, 0.1) is 11.4 Å². The third kappa shape index (κ3) is 4.85. The summed E-state index contributed by atoms with van der Waals surface area (Å²) >= 11 is 0. The maximum atomic E-state index is 12.8. The number of nitrogens with one attached hydrogen (secondary N) is 1. The van der Waals surface area contributed by atoms with Gasteiger partial charge in [-0.3, -0.25) is 14.3 Å². The Labute approximate surface area is 198 Å². The van der Waals surface area contributed by atoms with Crippen molar-refractivity contribution in [3.05, 3.63) is 88.1 Å². The molecule has 0 saturated carbocycles. The lowest BCUT2D eigenvalue weighted by molar-refractivity contribution is 0.102. The second kappa shape index (κ2) is 9.13. The highest BCUT2D eigenvalue weighted by Gasteiger charge is 2.16. The number of fused-ring (bicyclic) bond motifs is 1. The molecule has 0 aliphatic rings. The largest absolute Gasteiger partial charge is 0.485 e. The quantitative estimate of drug-likeness (QED) is 0.455. The van der Waals surface area contributed by atoms with Crippen molar-refractivity contribution in [2.24, 2.45) is 0 Å². The summed E-state index contributed by atoms with van der Waals surface area (Å²) in [6.45, 7) is 10.4. The van der Waals surface area contributed by atoms with Gasteiger partial charge in [-0.05, 0) is 49.1 Å². The molecule has 2 aromatic carbocycles. The van der Waals surface area contributed by atoms with Crippen LogP contribution in [0.5, 0.6) is 5.75 Å². The van der Waals surface area contributed by atoms with Gasteiger partial charge in [0.15, 0.2) is 0 Å². The number of rotatable bonds is 6. The number of para-hydroxylation sites is 2. The topological polar surface area (TPSA) is 90.5 Å². The smallest absolute Gasteiger partial charge is 0.274 e. The number of benzene rings is 2. The molecule has 0 atom stereocenters. The van der Waals surface area contributed by atoms with Crippen LogP contribution in [0.3, 0.4) is 0 Å². The SMILES string of the molecule is CC(C)n1cnc2nc(COc3ccccc3NC(=O)c3ccc(C(C)(C)C)cc3)cc(=O)n21. The Morgan fingerprint density at radius 1 is 1.09 bits per heavy atom. The molecule has 2 aromatic heterocycles. The zero-order valence-electron chi connectivity index (χ0n) is 20.1. The number of hydrogen-bond acceptors (Lipinski definition) is 5. The van der Waals surface area contributed by atoms with Crippen molar-refractivity contribution in [1.29, 1.82) is 0 Å². The molecule has 8 nitrogen and oxygen atoms in total. The van der Waals surface area contributed by atoms with Crippen LogP contribution < -0.4 is 15.6 Å². The molecule has 0 aliphatic carbocycles. The highest BCUT2D eigenvalue weighted by atomic mass is 16.5.